The normalized spacial score (nSPS) is 12.1. The van der Waals surface area contributed by atoms with E-state index in [4.69, 9.17) is 14.2 Å². The van der Waals surface area contributed by atoms with E-state index in [0.29, 0.717) is 19.3 Å². The second-order valence-electron chi connectivity index (χ2n) is 20.3. The average molecular weight is 944 g/mol. The highest BCUT2D eigenvalue weighted by Crippen LogP contribution is 2.17. The van der Waals surface area contributed by atoms with Crippen LogP contribution in [0.25, 0.3) is 0 Å². The van der Waals surface area contributed by atoms with Gasteiger partial charge in [-0.3, -0.25) is 14.4 Å². The second kappa shape index (κ2) is 56.5. The molecule has 6 heteroatoms. The lowest BCUT2D eigenvalue weighted by atomic mass is 10.0. The summed E-state index contributed by atoms with van der Waals surface area (Å²) in [5.74, 6) is -0.853. The SMILES string of the molecule is CCCCCCC/C=C\C/C=C\CCCCCCCCCCCCCCCCCCCCCC(=O)OCC(COC(=O)CCCCCCCCCC)OC(=O)CCCCCCCCCCCC. The molecule has 0 bridgehead atoms. The molecule has 1 atom stereocenters. The fraction of sp³-hybridized carbons (Fsp3) is 0.885. The third kappa shape index (κ3) is 54.7. The molecule has 0 aliphatic rings. The van der Waals surface area contributed by atoms with Gasteiger partial charge in [0.05, 0.1) is 0 Å². The molecule has 0 N–H and O–H groups in total. The van der Waals surface area contributed by atoms with Crippen molar-refractivity contribution in [2.24, 2.45) is 0 Å². The van der Waals surface area contributed by atoms with Crippen molar-refractivity contribution in [3.05, 3.63) is 24.3 Å². The number of allylic oxidation sites excluding steroid dienone is 4. The van der Waals surface area contributed by atoms with Gasteiger partial charge in [-0.25, -0.2) is 0 Å². The molecule has 0 amide bonds. The Hall–Kier alpha value is -2.11. The highest BCUT2D eigenvalue weighted by molar-refractivity contribution is 5.71. The van der Waals surface area contributed by atoms with E-state index in [1.165, 1.54) is 225 Å². The van der Waals surface area contributed by atoms with Crippen LogP contribution < -0.4 is 0 Å². The summed E-state index contributed by atoms with van der Waals surface area (Å²) in [7, 11) is 0. The zero-order valence-corrected chi connectivity index (χ0v) is 45.2. The molecule has 0 fully saturated rings. The van der Waals surface area contributed by atoms with Crippen LogP contribution in [0.1, 0.15) is 329 Å². The van der Waals surface area contributed by atoms with E-state index in [1.54, 1.807) is 0 Å². The summed E-state index contributed by atoms with van der Waals surface area (Å²) < 4.78 is 16.8. The maximum Gasteiger partial charge on any atom is 0.306 e. The molecular formula is C61H114O6. The number of hydrogen-bond donors (Lipinski definition) is 0. The number of carbonyl (C=O) groups is 3. The maximum atomic E-state index is 12.7. The zero-order chi connectivity index (χ0) is 48.6. The first-order chi connectivity index (χ1) is 33.0. The van der Waals surface area contributed by atoms with Crippen LogP contribution in [0.3, 0.4) is 0 Å². The Morgan fingerprint density at radius 1 is 0.299 bits per heavy atom. The minimum Gasteiger partial charge on any atom is -0.462 e. The van der Waals surface area contributed by atoms with Gasteiger partial charge in [0, 0.05) is 19.3 Å². The molecule has 394 valence electrons. The van der Waals surface area contributed by atoms with Crippen molar-refractivity contribution in [2.75, 3.05) is 13.2 Å². The molecular weight excluding hydrogens is 829 g/mol. The van der Waals surface area contributed by atoms with Crippen molar-refractivity contribution >= 4 is 17.9 Å². The number of unbranched alkanes of at least 4 members (excludes halogenated alkanes) is 40. The third-order valence-corrected chi connectivity index (χ3v) is 13.5. The van der Waals surface area contributed by atoms with Gasteiger partial charge in [-0.15, -0.1) is 0 Å². The lowest BCUT2D eigenvalue weighted by Gasteiger charge is -2.18. The van der Waals surface area contributed by atoms with Crippen LogP contribution in [-0.2, 0) is 28.6 Å². The van der Waals surface area contributed by atoms with Gasteiger partial charge in [0.15, 0.2) is 6.10 Å². The first-order valence-corrected chi connectivity index (χ1v) is 29.8. The van der Waals surface area contributed by atoms with Crippen LogP contribution >= 0.6 is 0 Å². The number of hydrogen-bond acceptors (Lipinski definition) is 6. The molecule has 0 aliphatic heterocycles. The Morgan fingerprint density at radius 2 is 0.537 bits per heavy atom. The number of rotatable bonds is 55. The highest BCUT2D eigenvalue weighted by atomic mass is 16.6. The molecule has 6 nitrogen and oxygen atoms in total. The summed E-state index contributed by atoms with van der Waals surface area (Å²) in [5.41, 5.74) is 0. The molecule has 0 aromatic rings. The van der Waals surface area contributed by atoms with Gasteiger partial charge in [-0.2, -0.15) is 0 Å². The maximum absolute atomic E-state index is 12.7. The number of carbonyl (C=O) groups excluding carboxylic acids is 3. The predicted octanol–water partition coefficient (Wildman–Crippen LogP) is 19.9. The van der Waals surface area contributed by atoms with Gasteiger partial charge in [0.2, 0.25) is 0 Å². The molecule has 1 unspecified atom stereocenters. The molecule has 0 rings (SSSR count). The monoisotopic (exact) mass is 943 g/mol. The van der Waals surface area contributed by atoms with Crippen molar-refractivity contribution < 1.29 is 28.6 Å². The van der Waals surface area contributed by atoms with E-state index in [1.807, 2.05) is 0 Å². The summed E-state index contributed by atoms with van der Waals surface area (Å²) in [6, 6.07) is 0. The van der Waals surface area contributed by atoms with Crippen molar-refractivity contribution in [3.63, 3.8) is 0 Å². The Labute approximate surface area is 417 Å². The molecule has 0 aliphatic carbocycles. The van der Waals surface area contributed by atoms with Crippen LogP contribution in [0, 0.1) is 0 Å². The standard InChI is InChI=1S/C61H114O6/c1-4-7-10-13-16-19-21-22-23-24-25-26-27-28-29-30-31-32-33-34-35-36-37-38-39-40-41-43-45-48-51-54-60(63)66-57-58(56-65-59(62)53-50-47-44-18-15-12-9-6-3)67-61(64)55-52-49-46-42-20-17-14-11-8-5-2/h21-22,24-25,58H,4-20,23,26-57H2,1-3H3/b22-21-,25-24-. The van der Waals surface area contributed by atoms with E-state index in [-0.39, 0.29) is 31.1 Å². The first kappa shape index (κ1) is 64.9. The Morgan fingerprint density at radius 3 is 0.821 bits per heavy atom. The molecule has 0 aromatic carbocycles. The Bertz CT molecular complexity index is 1080. The molecule has 0 spiro atoms. The van der Waals surface area contributed by atoms with E-state index in [0.717, 1.165) is 64.2 Å². The van der Waals surface area contributed by atoms with Gasteiger partial charge in [0.1, 0.15) is 13.2 Å². The van der Waals surface area contributed by atoms with E-state index < -0.39 is 6.10 Å². The summed E-state index contributed by atoms with van der Waals surface area (Å²) in [5, 5.41) is 0. The summed E-state index contributed by atoms with van der Waals surface area (Å²) in [4.78, 5) is 37.8. The fourth-order valence-corrected chi connectivity index (χ4v) is 8.95. The zero-order valence-electron chi connectivity index (χ0n) is 45.2. The van der Waals surface area contributed by atoms with Crippen molar-refractivity contribution in [1.29, 1.82) is 0 Å². The molecule has 67 heavy (non-hydrogen) atoms. The predicted molar refractivity (Wildman–Crippen MR) is 289 cm³/mol. The van der Waals surface area contributed by atoms with E-state index >= 15 is 0 Å². The minimum absolute atomic E-state index is 0.0650. The van der Waals surface area contributed by atoms with Crippen LogP contribution in [0.2, 0.25) is 0 Å². The molecule has 0 saturated heterocycles. The summed E-state index contributed by atoms with van der Waals surface area (Å²) in [6.07, 6.45) is 66.5. The van der Waals surface area contributed by atoms with Gasteiger partial charge in [0.25, 0.3) is 0 Å². The highest BCUT2D eigenvalue weighted by Gasteiger charge is 2.19. The first-order valence-electron chi connectivity index (χ1n) is 29.8. The largest absolute Gasteiger partial charge is 0.462 e. The Kier molecular flexibility index (Phi) is 54.7. The van der Waals surface area contributed by atoms with Crippen molar-refractivity contribution in [2.45, 2.75) is 335 Å². The average Bonchev–Trinajstić information content (AvgIpc) is 3.33. The fourth-order valence-electron chi connectivity index (χ4n) is 8.95. The second-order valence-corrected chi connectivity index (χ2v) is 20.3. The van der Waals surface area contributed by atoms with Crippen molar-refractivity contribution in [3.8, 4) is 0 Å². The van der Waals surface area contributed by atoms with Crippen LogP contribution in [0.4, 0.5) is 0 Å². The quantitative estimate of drug-likeness (QED) is 0.0262. The minimum atomic E-state index is -0.761. The van der Waals surface area contributed by atoms with Crippen LogP contribution in [-0.4, -0.2) is 37.2 Å². The van der Waals surface area contributed by atoms with Crippen molar-refractivity contribution in [1.82, 2.24) is 0 Å². The van der Waals surface area contributed by atoms with Crippen LogP contribution in [0.15, 0.2) is 24.3 Å². The lowest BCUT2D eigenvalue weighted by Crippen LogP contribution is -2.30. The molecule has 0 heterocycles. The Balaban J connectivity index is 3.93. The summed E-state index contributed by atoms with van der Waals surface area (Å²) >= 11 is 0. The van der Waals surface area contributed by atoms with Gasteiger partial charge in [-0.05, 0) is 51.4 Å². The topological polar surface area (TPSA) is 78.9 Å². The van der Waals surface area contributed by atoms with E-state index in [2.05, 4.69) is 45.1 Å². The van der Waals surface area contributed by atoms with Gasteiger partial charge in [-0.1, -0.05) is 283 Å². The molecule has 0 saturated carbocycles. The molecule has 0 aromatic heterocycles. The van der Waals surface area contributed by atoms with Gasteiger partial charge < -0.3 is 14.2 Å². The van der Waals surface area contributed by atoms with Crippen LogP contribution in [0.5, 0.6) is 0 Å². The third-order valence-electron chi connectivity index (χ3n) is 13.5. The molecule has 0 radical (unpaired) electrons. The smallest absolute Gasteiger partial charge is 0.306 e. The van der Waals surface area contributed by atoms with E-state index in [9.17, 15) is 14.4 Å². The lowest BCUT2D eigenvalue weighted by molar-refractivity contribution is -0.167. The summed E-state index contributed by atoms with van der Waals surface area (Å²) in [6.45, 7) is 6.62. The number of esters is 3. The van der Waals surface area contributed by atoms with Gasteiger partial charge >= 0.3 is 17.9 Å². The number of ether oxygens (including phenoxy) is 3.